The normalized spacial score (nSPS) is 32.8. The first-order chi connectivity index (χ1) is 5.38. The number of halogens is 3. The van der Waals surface area contributed by atoms with Gasteiger partial charge in [-0.3, -0.25) is 4.90 Å². The maximum Gasteiger partial charge on any atom is 0.401 e. The van der Waals surface area contributed by atoms with Crippen LogP contribution in [0.4, 0.5) is 13.2 Å². The molecule has 2 unspecified atom stereocenters. The van der Waals surface area contributed by atoms with Gasteiger partial charge in [-0.05, 0) is 5.92 Å². The van der Waals surface area contributed by atoms with Crippen molar-refractivity contribution in [2.24, 2.45) is 11.7 Å². The van der Waals surface area contributed by atoms with Crippen LogP contribution in [0.2, 0.25) is 0 Å². The summed E-state index contributed by atoms with van der Waals surface area (Å²) < 4.78 is 35.6. The van der Waals surface area contributed by atoms with Gasteiger partial charge in [0.05, 0.1) is 6.54 Å². The van der Waals surface area contributed by atoms with Crippen molar-refractivity contribution in [2.45, 2.75) is 19.1 Å². The summed E-state index contributed by atoms with van der Waals surface area (Å²) in [6.45, 7) is 1.87. The Labute approximate surface area is 69.5 Å². The number of nitrogens with two attached hydrogens (primary N) is 1. The Hall–Kier alpha value is -0.290. The minimum Gasteiger partial charge on any atom is -0.326 e. The van der Waals surface area contributed by atoms with E-state index in [1.54, 1.807) is 0 Å². The van der Waals surface area contributed by atoms with Gasteiger partial charge in [0, 0.05) is 19.1 Å². The van der Waals surface area contributed by atoms with Gasteiger partial charge in [0.1, 0.15) is 0 Å². The molecule has 2 nitrogen and oxygen atoms in total. The van der Waals surface area contributed by atoms with Crippen LogP contribution in [0.1, 0.15) is 6.92 Å². The first-order valence-corrected chi connectivity index (χ1v) is 3.93. The van der Waals surface area contributed by atoms with Gasteiger partial charge in [0.25, 0.3) is 0 Å². The monoisotopic (exact) mass is 182 g/mol. The molecule has 72 valence electrons. The molecule has 0 aromatic heterocycles. The van der Waals surface area contributed by atoms with Crippen LogP contribution < -0.4 is 5.73 Å². The number of likely N-dealkylation sites (tertiary alicyclic amines) is 1. The highest BCUT2D eigenvalue weighted by molar-refractivity contribution is 4.84. The van der Waals surface area contributed by atoms with Crippen LogP contribution in [-0.2, 0) is 0 Å². The van der Waals surface area contributed by atoms with E-state index in [1.807, 2.05) is 6.92 Å². The molecular formula is C7H13F3N2. The van der Waals surface area contributed by atoms with Gasteiger partial charge in [-0.15, -0.1) is 0 Å². The average Bonchev–Trinajstić information content (AvgIpc) is 2.07. The molecule has 0 aliphatic carbocycles. The lowest BCUT2D eigenvalue weighted by molar-refractivity contribution is -0.143. The standard InChI is InChI=1S/C7H13F3N2/c1-5-2-12(3-6(5)11)4-7(8,9)10/h5-6H,2-4,11H2,1H3. The molecule has 2 N–H and O–H groups in total. The number of rotatable bonds is 1. The lowest BCUT2D eigenvalue weighted by Crippen LogP contribution is -2.34. The van der Waals surface area contributed by atoms with Crippen LogP contribution in [0.3, 0.4) is 0 Å². The van der Waals surface area contributed by atoms with E-state index in [1.165, 1.54) is 4.90 Å². The van der Waals surface area contributed by atoms with Crippen molar-refractivity contribution >= 4 is 0 Å². The molecular weight excluding hydrogens is 169 g/mol. The molecule has 0 saturated carbocycles. The van der Waals surface area contributed by atoms with Crippen LogP contribution in [0.25, 0.3) is 0 Å². The molecule has 0 radical (unpaired) electrons. The fourth-order valence-corrected chi connectivity index (χ4v) is 1.48. The quantitative estimate of drug-likeness (QED) is 0.650. The summed E-state index contributed by atoms with van der Waals surface area (Å²) in [6.07, 6.45) is -4.09. The molecule has 1 aliphatic heterocycles. The van der Waals surface area contributed by atoms with E-state index in [0.717, 1.165) is 0 Å². The van der Waals surface area contributed by atoms with Crippen LogP contribution in [0, 0.1) is 5.92 Å². The largest absolute Gasteiger partial charge is 0.401 e. The van der Waals surface area contributed by atoms with E-state index in [9.17, 15) is 13.2 Å². The molecule has 2 atom stereocenters. The first kappa shape index (κ1) is 9.80. The molecule has 1 heterocycles. The molecule has 0 amide bonds. The fraction of sp³-hybridized carbons (Fsp3) is 1.00. The zero-order valence-electron chi connectivity index (χ0n) is 6.93. The molecule has 0 spiro atoms. The molecule has 0 aromatic carbocycles. The van der Waals surface area contributed by atoms with E-state index >= 15 is 0 Å². The van der Waals surface area contributed by atoms with Crippen LogP contribution in [-0.4, -0.2) is 36.8 Å². The van der Waals surface area contributed by atoms with E-state index in [4.69, 9.17) is 5.73 Å². The summed E-state index contributed by atoms with van der Waals surface area (Å²) >= 11 is 0. The molecule has 1 saturated heterocycles. The predicted molar refractivity (Wildman–Crippen MR) is 39.6 cm³/mol. The third-order valence-corrected chi connectivity index (χ3v) is 2.15. The highest BCUT2D eigenvalue weighted by atomic mass is 19.4. The smallest absolute Gasteiger partial charge is 0.326 e. The van der Waals surface area contributed by atoms with Crippen molar-refractivity contribution in [3.8, 4) is 0 Å². The number of hydrogen-bond donors (Lipinski definition) is 1. The Kier molecular flexibility index (Phi) is 2.63. The van der Waals surface area contributed by atoms with Gasteiger partial charge in [0.2, 0.25) is 0 Å². The van der Waals surface area contributed by atoms with Crippen LogP contribution >= 0.6 is 0 Å². The van der Waals surface area contributed by atoms with E-state index in [-0.39, 0.29) is 12.0 Å². The second-order valence-corrected chi connectivity index (χ2v) is 3.45. The Morgan fingerprint density at radius 3 is 2.33 bits per heavy atom. The third-order valence-electron chi connectivity index (χ3n) is 2.15. The van der Waals surface area contributed by atoms with Crippen LogP contribution in [0.15, 0.2) is 0 Å². The zero-order valence-corrected chi connectivity index (χ0v) is 6.93. The zero-order chi connectivity index (χ0) is 9.35. The molecule has 1 rings (SSSR count). The molecule has 0 bridgehead atoms. The van der Waals surface area contributed by atoms with E-state index in [2.05, 4.69) is 0 Å². The summed E-state index contributed by atoms with van der Waals surface area (Å²) in [6, 6.07) is -0.104. The third kappa shape index (κ3) is 2.64. The molecule has 5 heteroatoms. The van der Waals surface area contributed by atoms with Crippen molar-refractivity contribution in [1.82, 2.24) is 4.90 Å². The van der Waals surface area contributed by atoms with Crippen molar-refractivity contribution in [3.05, 3.63) is 0 Å². The van der Waals surface area contributed by atoms with Crippen molar-refractivity contribution in [3.63, 3.8) is 0 Å². The van der Waals surface area contributed by atoms with Gasteiger partial charge in [0.15, 0.2) is 0 Å². The highest BCUT2D eigenvalue weighted by Gasteiger charge is 2.35. The summed E-state index contributed by atoms with van der Waals surface area (Å²) in [7, 11) is 0. The maximum atomic E-state index is 11.9. The Morgan fingerprint density at radius 2 is 2.00 bits per heavy atom. The Bertz CT molecular complexity index is 147. The fourth-order valence-electron chi connectivity index (χ4n) is 1.48. The van der Waals surface area contributed by atoms with Gasteiger partial charge >= 0.3 is 6.18 Å². The minimum atomic E-state index is -4.09. The number of alkyl halides is 3. The molecule has 1 fully saturated rings. The lowest BCUT2D eigenvalue weighted by Gasteiger charge is -2.16. The van der Waals surface area contributed by atoms with Crippen molar-refractivity contribution in [1.29, 1.82) is 0 Å². The second-order valence-electron chi connectivity index (χ2n) is 3.45. The summed E-state index contributed by atoms with van der Waals surface area (Å²) in [5.41, 5.74) is 5.58. The summed E-state index contributed by atoms with van der Waals surface area (Å²) in [4.78, 5) is 1.36. The van der Waals surface area contributed by atoms with Gasteiger partial charge in [-0.25, -0.2) is 0 Å². The van der Waals surface area contributed by atoms with E-state index < -0.39 is 12.7 Å². The molecule has 0 aromatic rings. The summed E-state index contributed by atoms with van der Waals surface area (Å²) in [5, 5.41) is 0. The van der Waals surface area contributed by atoms with Crippen molar-refractivity contribution in [2.75, 3.05) is 19.6 Å². The number of nitrogens with zero attached hydrogens (tertiary/aromatic N) is 1. The maximum absolute atomic E-state index is 11.9. The topological polar surface area (TPSA) is 29.3 Å². The van der Waals surface area contributed by atoms with Crippen molar-refractivity contribution < 1.29 is 13.2 Å². The average molecular weight is 182 g/mol. The van der Waals surface area contributed by atoms with Gasteiger partial charge < -0.3 is 5.73 Å². The SMILES string of the molecule is CC1CN(CC(F)(F)F)CC1N. The first-order valence-electron chi connectivity index (χ1n) is 3.93. The predicted octanol–water partition coefficient (Wildman–Crippen LogP) is 0.828. The Morgan fingerprint density at radius 1 is 1.42 bits per heavy atom. The molecule has 12 heavy (non-hydrogen) atoms. The van der Waals surface area contributed by atoms with Gasteiger partial charge in [-0.1, -0.05) is 6.92 Å². The molecule has 1 aliphatic rings. The minimum absolute atomic E-state index is 0.104. The lowest BCUT2D eigenvalue weighted by atomic mass is 10.1. The number of hydrogen-bond acceptors (Lipinski definition) is 2. The van der Waals surface area contributed by atoms with E-state index in [0.29, 0.717) is 13.1 Å². The highest BCUT2D eigenvalue weighted by Crippen LogP contribution is 2.21. The second kappa shape index (κ2) is 3.22. The Balaban J connectivity index is 2.38. The summed E-state index contributed by atoms with van der Waals surface area (Å²) in [5.74, 6) is 0.173. The van der Waals surface area contributed by atoms with Gasteiger partial charge in [-0.2, -0.15) is 13.2 Å². The van der Waals surface area contributed by atoms with Crippen LogP contribution in [0.5, 0.6) is 0 Å².